The van der Waals surface area contributed by atoms with E-state index in [4.69, 9.17) is 5.11 Å². The van der Waals surface area contributed by atoms with E-state index in [0.29, 0.717) is 29.8 Å². The Morgan fingerprint density at radius 3 is 2.84 bits per heavy atom. The molecule has 3 amide bonds. The number of non-ortho nitro benzene ring substituents is 1. The molecular formula is C16H18N4O5. The van der Waals surface area contributed by atoms with Crippen LogP contribution in [0, 0.1) is 10.1 Å². The number of nitrogens with zero attached hydrogens (tertiary/aromatic N) is 3. The number of hydrogen-bond donors (Lipinski definition) is 2. The van der Waals surface area contributed by atoms with Crippen LogP contribution < -0.4 is 5.32 Å². The van der Waals surface area contributed by atoms with E-state index in [1.54, 1.807) is 18.0 Å². The van der Waals surface area contributed by atoms with Gasteiger partial charge in [0.1, 0.15) is 0 Å². The van der Waals surface area contributed by atoms with Crippen LogP contribution in [0.15, 0.2) is 35.5 Å². The highest BCUT2D eigenvalue weighted by atomic mass is 16.6. The van der Waals surface area contributed by atoms with Gasteiger partial charge < -0.3 is 15.3 Å². The molecule has 25 heavy (non-hydrogen) atoms. The van der Waals surface area contributed by atoms with Gasteiger partial charge in [0, 0.05) is 32.3 Å². The highest BCUT2D eigenvalue weighted by Crippen LogP contribution is 2.36. The van der Waals surface area contributed by atoms with Gasteiger partial charge in [0.05, 0.1) is 28.8 Å². The van der Waals surface area contributed by atoms with Crippen molar-refractivity contribution in [3.63, 3.8) is 0 Å². The number of aliphatic hydroxyl groups excluding tert-OH is 1. The number of amides is 3. The predicted molar refractivity (Wildman–Crippen MR) is 87.4 cm³/mol. The van der Waals surface area contributed by atoms with E-state index >= 15 is 0 Å². The summed E-state index contributed by atoms with van der Waals surface area (Å²) in [5.74, 6) is -0.230. The van der Waals surface area contributed by atoms with E-state index in [-0.39, 0.29) is 30.8 Å². The molecule has 2 heterocycles. The molecule has 0 radical (unpaired) electrons. The molecular weight excluding hydrogens is 328 g/mol. The lowest BCUT2D eigenvalue weighted by Crippen LogP contribution is -2.45. The van der Waals surface area contributed by atoms with E-state index in [2.05, 4.69) is 5.32 Å². The van der Waals surface area contributed by atoms with Gasteiger partial charge in [-0.1, -0.05) is 12.1 Å². The van der Waals surface area contributed by atoms with Crippen molar-refractivity contribution in [2.45, 2.75) is 12.5 Å². The summed E-state index contributed by atoms with van der Waals surface area (Å²) in [6, 6.07) is 4.81. The number of nitrogens with one attached hydrogen (secondary N) is 1. The first-order valence-corrected chi connectivity index (χ1v) is 7.85. The van der Waals surface area contributed by atoms with Gasteiger partial charge in [0.15, 0.2) is 0 Å². The molecule has 0 fully saturated rings. The van der Waals surface area contributed by atoms with E-state index in [1.807, 2.05) is 0 Å². The zero-order valence-corrected chi connectivity index (χ0v) is 13.6. The van der Waals surface area contributed by atoms with Crippen LogP contribution in [0.2, 0.25) is 0 Å². The first kappa shape index (κ1) is 16.9. The summed E-state index contributed by atoms with van der Waals surface area (Å²) < 4.78 is 0. The third-order valence-electron chi connectivity index (χ3n) is 4.44. The minimum atomic E-state index is -0.731. The van der Waals surface area contributed by atoms with E-state index in [1.165, 1.54) is 23.1 Å². The minimum Gasteiger partial charge on any atom is -0.396 e. The van der Waals surface area contributed by atoms with Gasteiger partial charge in [0.2, 0.25) is 0 Å². The maximum atomic E-state index is 12.8. The minimum absolute atomic E-state index is 0.0320. The Morgan fingerprint density at radius 1 is 1.40 bits per heavy atom. The van der Waals surface area contributed by atoms with Crippen LogP contribution in [0.25, 0.3) is 0 Å². The van der Waals surface area contributed by atoms with Crippen LogP contribution in [-0.2, 0) is 4.79 Å². The molecule has 0 aromatic heterocycles. The van der Waals surface area contributed by atoms with Crippen molar-refractivity contribution in [3.05, 3.63) is 51.2 Å². The molecule has 1 atom stereocenters. The normalized spacial score (nSPS) is 20.0. The molecule has 0 saturated heterocycles. The lowest BCUT2D eigenvalue weighted by molar-refractivity contribution is -0.384. The Bertz CT molecular complexity index is 776. The van der Waals surface area contributed by atoms with Gasteiger partial charge in [-0.2, -0.15) is 0 Å². The number of carbonyl (C=O) groups excluding carboxylic acids is 2. The zero-order chi connectivity index (χ0) is 18.1. The summed E-state index contributed by atoms with van der Waals surface area (Å²) in [6.45, 7) is 0.630. The maximum absolute atomic E-state index is 12.8. The van der Waals surface area contributed by atoms with Gasteiger partial charge in [-0.3, -0.25) is 19.8 Å². The molecule has 2 aliphatic heterocycles. The summed E-state index contributed by atoms with van der Waals surface area (Å²) in [7, 11) is 1.58. The van der Waals surface area contributed by atoms with Crippen molar-refractivity contribution < 1.29 is 19.6 Å². The largest absolute Gasteiger partial charge is 0.396 e. The average molecular weight is 346 g/mol. The molecule has 2 aliphatic rings. The van der Waals surface area contributed by atoms with Crippen molar-refractivity contribution >= 4 is 17.6 Å². The van der Waals surface area contributed by atoms with E-state index in [0.717, 1.165) is 0 Å². The van der Waals surface area contributed by atoms with Crippen LogP contribution in [0.3, 0.4) is 0 Å². The second-order valence-corrected chi connectivity index (χ2v) is 5.96. The number of rotatable bonds is 5. The fraction of sp³-hybridized carbons (Fsp3) is 0.375. The van der Waals surface area contributed by atoms with Crippen molar-refractivity contribution in [2.24, 2.45) is 0 Å². The molecule has 0 aliphatic carbocycles. The predicted octanol–water partition coefficient (Wildman–Crippen LogP) is 0.770. The second-order valence-electron chi connectivity index (χ2n) is 5.96. The molecule has 3 rings (SSSR count). The van der Waals surface area contributed by atoms with Crippen LogP contribution in [0.4, 0.5) is 10.5 Å². The Hall–Kier alpha value is -2.94. The van der Waals surface area contributed by atoms with Gasteiger partial charge >= 0.3 is 6.03 Å². The SMILES string of the molecule is CN1C(=O)N[C@H](c2cccc([N+](=O)[O-])c2)C2=C1CN(CCCO)C2=O. The molecule has 0 unspecified atom stereocenters. The number of nitro groups is 1. The van der Waals surface area contributed by atoms with Gasteiger partial charge in [-0.05, 0) is 12.0 Å². The molecule has 0 spiro atoms. The number of likely N-dealkylation sites (N-methyl/N-ethyl adjacent to an activating group) is 1. The molecule has 132 valence electrons. The third-order valence-corrected chi connectivity index (χ3v) is 4.44. The Labute approximate surface area is 143 Å². The zero-order valence-electron chi connectivity index (χ0n) is 13.6. The third kappa shape index (κ3) is 2.93. The highest BCUT2D eigenvalue weighted by Gasteiger charge is 2.42. The average Bonchev–Trinajstić information content (AvgIpc) is 2.93. The number of aliphatic hydroxyl groups is 1. The molecule has 0 bridgehead atoms. The fourth-order valence-electron chi connectivity index (χ4n) is 3.13. The van der Waals surface area contributed by atoms with E-state index < -0.39 is 11.0 Å². The van der Waals surface area contributed by atoms with Crippen molar-refractivity contribution in [3.8, 4) is 0 Å². The molecule has 2 N–H and O–H groups in total. The number of urea groups is 1. The van der Waals surface area contributed by atoms with Crippen LogP contribution in [0.5, 0.6) is 0 Å². The van der Waals surface area contributed by atoms with Crippen LogP contribution >= 0.6 is 0 Å². The van der Waals surface area contributed by atoms with Crippen molar-refractivity contribution in [1.82, 2.24) is 15.1 Å². The summed E-state index contributed by atoms with van der Waals surface area (Å²) in [6.07, 6.45) is 0.443. The molecule has 9 nitrogen and oxygen atoms in total. The molecule has 1 aromatic rings. The summed E-state index contributed by atoms with van der Waals surface area (Å²) in [5, 5.41) is 22.7. The lowest BCUT2D eigenvalue weighted by atomic mass is 9.95. The van der Waals surface area contributed by atoms with Crippen LogP contribution in [-0.4, -0.2) is 58.5 Å². The first-order valence-electron chi connectivity index (χ1n) is 7.85. The monoisotopic (exact) mass is 346 g/mol. The summed E-state index contributed by atoms with van der Waals surface area (Å²) in [5.41, 5.74) is 1.39. The quantitative estimate of drug-likeness (QED) is 0.603. The van der Waals surface area contributed by atoms with Crippen molar-refractivity contribution in [1.29, 1.82) is 0 Å². The van der Waals surface area contributed by atoms with Gasteiger partial charge in [0.25, 0.3) is 11.6 Å². The lowest BCUT2D eigenvalue weighted by Gasteiger charge is -2.31. The number of hydrogen-bond acceptors (Lipinski definition) is 5. The molecule has 1 aromatic carbocycles. The van der Waals surface area contributed by atoms with Crippen LogP contribution in [0.1, 0.15) is 18.0 Å². The van der Waals surface area contributed by atoms with Gasteiger partial charge in [-0.15, -0.1) is 0 Å². The first-order chi connectivity index (χ1) is 11.9. The summed E-state index contributed by atoms with van der Waals surface area (Å²) in [4.78, 5) is 38.5. The van der Waals surface area contributed by atoms with E-state index in [9.17, 15) is 19.7 Å². The van der Waals surface area contributed by atoms with Crippen molar-refractivity contribution in [2.75, 3.05) is 26.7 Å². The number of benzene rings is 1. The fourth-order valence-corrected chi connectivity index (χ4v) is 3.13. The topological polar surface area (TPSA) is 116 Å². The molecule has 0 saturated carbocycles. The Balaban J connectivity index is 1.99. The Kier molecular flexibility index (Phi) is 4.41. The summed E-state index contributed by atoms with van der Waals surface area (Å²) >= 11 is 0. The smallest absolute Gasteiger partial charge is 0.322 e. The highest BCUT2D eigenvalue weighted by molar-refractivity contribution is 6.01. The number of nitro benzene ring substituents is 1. The maximum Gasteiger partial charge on any atom is 0.322 e. The number of carbonyl (C=O) groups is 2. The molecule has 9 heteroatoms. The second kappa shape index (κ2) is 6.52. The Morgan fingerprint density at radius 2 is 2.16 bits per heavy atom. The van der Waals surface area contributed by atoms with Gasteiger partial charge in [-0.25, -0.2) is 4.79 Å². The standard InChI is InChI=1S/C16H18N4O5/c1-18-12-9-19(6-3-7-21)15(22)13(12)14(17-16(18)23)10-4-2-5-11(8-10)20(24)25/h2,4-5,8,14,21H,3,6-7,9H2,1H3,(H,17,23)/t14-/m1/s1.